The molecule has 3 aromatic rings. The van der Waals surface area contributed by atoms with Crippen molar-refractivity contribution in [1.82, 2.24) is 5.32 Å². The van der Waals surface area contributed by atoms with Gasteiger partial charge in [0.1, 0.15) is 0 Å². The number of furan rings is 1. The summed E-state index contributed by atoms with van der Waals surface area (Å²) in [6, 6.07) is 17.3. The first-order chi connectivity index (χ1) is 16.3. The molecule has 34 heavy (non-hydrogen) atoms. The predicted molar refractivity (Wildman–Crippen MR) is 139 cm³/mol. The Balaban J connectivity index is 1.52. The quantitative estimate of drug-likeness (QED) is 0.169. The Labute approximate surface area is 203 Å². The van der Waals surface area contributed by atoms with Crippen LogP contribution in [0.1, 0.15) is 43.4 Å². The average molecular weight is 485 g/mol. The van der Waals surface area contributed by atoms with Crippen molar-refractivity contribution >= 4 is 13.3 Å². The monoisotopic (exact) mass is 484 g/mol. The van der Waals surface area contributed by atoms with Crippen molar-refractivity contribution in [2.24, 2.45) is 5.92 Å². The molecule has 0 unspecified atom stereocenters. The number of aryl methyl sites for hydroxylation is 1. The lowest BCUT2D eigenvalue weighted by Crippen LogP contribution is -2.16. The second-order valence-electron chi connectivity index (χ2n) is 9.26. The molecule has 0 saturated heterocycles. The van der Waals surface area contributed by atoms with Crippen LogP contribution in [0.25, 0.3) is 11.1 Å². The van der Waals surface area contributed by atoms with E-state index in [2.05, 4.69) is 66.9 Å². The summed E-state index contributed by atoms with van der Waals surface area (Å²) in [5, 5.41) is 6.84. The SMILES string of the molecule is CC(C)Cc1ccc(CCCNc2ccc(CNCCCP(=O)(O)O)cc2-c2ccoc2)cc1. The van der Waals surface area contributed by atoms with Crippen LogP contribution in [-0.2, 0) is 24.0 Å². The summed E-state index contributed by atoms with van der Waals surface area (Å²) < 4.78 is 16.3. The van der Waals surface area contributed by atoms with E-state index in [-0.39, 0.29) is 6.16 Å². The van der Waals surface area contributed by atoms with Crippen LogP contribution >= 0.6 is 7.60 Å². The highest BCUT2D eigenvalue weighted by Gasteiger charge is 2.11. The van der Waals surface area contributed by atoms with Gasteiger partial charge in [-0.05, 0) is 73.0 Å². The Morgan fingerprint density at radius 3 is 2.35 bits per heavy atom. The first kappa shape index (κ1) is 26.2. The van der Waals surface area contributed by atoms with E-state index in [1.165, 1.54) is 11.1 Å². The van der Waals surface area contributed by atoms with Gasteiger partial charge in [-0.2, -0.15) is 0 Å². The smallest absolute Gasteiger partial charge is 0.325 e. The Hall–Kier alpha value is -2.37. The van der Waals surface area contributed by atoms with E-state index in [0.29, 0.717) is 25.4 Å². The zero-order valence-electron chi connectivity index (χ0n) is 20.2. The third-order valence-electron chi connectivity index (χ3n) is 5.67. The zero-order valence-corrected chi connectivity index (χ0v) is 21.1. The molecular formula is C27H37N2O4P. The van der Waals surface area contributed by atoms with Gasteiger partial charge < -0.3 is 24.8 Å². The second-order valence-corrected chi connectivity index (χ2v) is 11.0. The van der Waals surface area contributed by atoms with Crippen molar-refractivity contribution in [2.45, 2.75) is 46.1 Å². The highest BCUT2D eigenvalue weighted by atomic mass is 31.2. The third kappa shape index (κ3) is 9.11. The van der Waals surface area contributed by atoms with Gasteiger partial charge in [-0.15, -0.1) is 0 Å². The van der Waals surface area contributed by atoms with Gasteiger partial charge in [0.2, 0.25) is 0 Å². The fraction of sp³-hybridized carbons (Fsp3) is 0.407. The molecule has 0 atom stereocenters. The van der Waals surface area contributed by atoms with Gasteiger partial charge in [0.15, 0.2) is 0 Å². The molecule has 0 fully saturated rings. The van der Waals surface area contributed by atoms with Crippen LogP contribution in [0.3, 0.4) is 0 Å². The third-order valence-corrected chi connectivity index (χ3v) is 6.57. The van der Waals surface area contributed by atoms with E-state index < -0.39 is 7.60 Å². The predicted octanol–water partition coefficient (Wildman–Crippen LogP) is 5.85. The maximum absolute atomic E-state index is 11.0. The van der Waals surface area contributed by atoms with Gasteiger partial charge in [0.25, 0.3) is 0 Å². The largest absolute Gasteiger partial charge is 0.472 e. The maximum atomic E-state index is 11.0. The standard InChI is InChI=1S/C27H37N2O4P/c1-21(2)17-23-8-6-22(7-9-23)5-3-14-29-27-11-10-24(18-26(27)25-12-15-33-20-25)19-28-13-4-16-34(30,31)32/h6-12,15,18,20-21,28-29H,3-5,13-14,16-17,19H2,1-2H3,(H2,30,31,32). The highest BCUT2D eigenvalue weighted by molar-refractivity contribution is 7.51. The van der Waals surface area contributed by atoms with Crippen molar-refractivity contribution in [3.05, 3.63) is 77.7 Å². The van der Waals surface area contributed by atoms with Crippen molar-refractivity contribution < 1.29 is 18.8 Å². The van der Waals surface area contributed by atoms with Crippen LogP contribution in [0, 0.1) is 5.92 Å². The van der Waals surface area contributed by atoms with Gasteiger partial charge in [0.05, 0.1) is 18.7 Å². The average Bonchev–Trinajstić information content (AvgIpc) is 3.32. The lowest BCUT2D eigenvalue weighted by molar-refractivity contribution is 0.371. The Kier molecular flexibility index (Phi) is 9.97. The van der Waals surface area contributed by atoms with E-state index in [4.69, 9.17) is 14.2 Å². The number of nitrogens with one attached hydrogen (secondary N) is 2. The lowest BCUT2D eigenvalue weighted by Gasteiger charge is -2.14. The molecule has 2 aromatic carbocycles. The van der Waals surface area contributed by atoms with Crippen molar-refractivity contribution in [3.8, 4) is 11.1 Å². The number of anilines is 1. The highest BCUT2D eigenvalue weighted by Crippen LogP contribution is 2.34. The molecule has 4 N–H and O–H groups in total. The van der Waals surface area contributed by atoms with Gasteiger partial charge in [-0.3, -0.25) is 4.57 Å². The molecule has 0 bridgehead atoms. The minimum atomic E-state index is -3.92. The number of rotatable bonds is 14. The molecule has 0 radical (unpaired) electrons. The summed E-state index contributed by atoms with van der Waals surface area (Å²) in [7, 11) is -3.92. The van der Waals surface area contributed by atoms with Gasteiger partial charge in [-0.25, -0.2) is 0 Å². The van der Waals surface area contributed by atoms with Crippen LogP contribution in [0.2, 0.25) is 0 Å². The van der Waals surface area contributed by atoms with Crippen LogP contribution < -0.4 is 10.6 Å². The summed E-state index contributed by atoms with van der Waals surface area (Å²) in [4.78, 5) is 17.9. The van der Waals surface area contributed by atoms with Crippen LogP contribution in [-0.4, -0.2) is 29.0 Å². The molecule has 3 rings (SSSR count). The number of hydrogen-bond acceptors (Lipinski definition) is 4. The van der Waals surface area contributed by atoms with E-state index in [1.807, 2.05) is 6.07 Å². The van der Waals surface area contributed by atoms with E-state index in [1.54, 1.807) is 12.5 Å². The molecule has 0 amide bonds. The Bertz CT molecular complexity index is 1040. The van der Waals surface area contributed by atoms with Crippen LogP contribution in [0.5, 0.6) is 0 Å². The van der Waals surface area contributed by atoms with Crippen LogP contribution in [0.15, 0.2) is 65.5 Å². The van der Waals surface area contributed by atoms with Crippen molar-refractivity contribution in [1.29, 1.82) is 0 Å². The summed E-state index contributed by atoms with van der Waals surface area (Å²) in [5.74, 6) is 0.675. The lowest BCUT2D eigenvalue weighted by atomic mass is 10.0. The summed E-state index contributed by atoms with van der Waals surface area (Å²) >= 11 is 0. The minimum absolute atomic E-state index is 0.0920. The molecule has 6 nitrogen and oxygen atoms in total. The van der Waals surface area contributed by atoms with Gasteiger partial charge in [-0.1, -0.05) is 44.2 Å². The van der Waals surface area contributed by atoms with Crippen molar-refractivity contribution in [3.63, 3.8) is 0 Å². The Morgan fingerprint density at radius 1 is 0.941 bits per heavy atom. The van der Waals surface area contributed by atoms with Gasteiger partial charge in [0, 0.05) is 29.9 Å². The number of hydrogen-bond donors (Lipinski definition) is 4. The molecule has 0 aliphatic heterocycles. The fourth-order valence-electron chi connectivity index (χ4n) is 3.98. The normalized spacial score (nSPS) is 11.8. The Morgan fingerprint density at radius 2 is 1.68 bits per heavy atom. The topological polar surface area (TPSA) is 94.7 Å². The van der Waals surface area contributed by atoms with Crippen molar-refractivity contribution in [2.75, 3.05) is 24.6 Å². The summed E-state index contributed by atoms with van der Waals surface area (Å²) in [6.45, 7) is 6.56. The fourth-order valence-corrected chi connectivity index (χ4v) is 4.55. The molecule has 0 spiro atoms. The number of benzene rings is 2. The molecule has 7 heteroatoms. The summed E-state index contributed by atoms with van der Waals surface area (Å²) in [5.41, 5.74) is 7.05. The van der Waals surface area contributed by atoms with E-state index >= 15 is 0 Å². The molecule has 1 heterocycles. The molecule has 1 aromatic heterocycles. The van der Waals surface area contributed by atoms with E-state index in [0.717, 1.165) is 48.2 Å². The first-order valence-electron chi connectivity index (χ1n) is 12.0. The molecule has 0 aliphatic carbocycles. The zero-order chi connectivity index (χ0) is 24.4. The molecule has 184 valence electrons. The second kappa shape index (κ2) is 12.9. The first-order valence-corrected chi connectivity index (χ1v) is 13.8. The summed E-state index contributed by atoms with van der Waals surface area (Å²) in [6.07, 6.45) is 6.97. The molecule has 0 saturated carbocycles. The minimum Gasteiger partial charge on any atom is -0.472 e. The van der Waals surface area contributed by atoms with Crippen LogP contribution in [0.4, 0.5) is 5.69 Å². The molecular weight excluding hydrogens is 447 g/mol. The molecule has 0 aliphatic rings. The van der Waals surface area contributed by atoms with E-state index in [9.17, 15) is 4.57 Å². The maximum Gasteiger partial charge on any atom is 0.325 e. The van der Waals surface area contributed by atoms with Gasteiger partial charge >= 0.3 is 7.60 Å².